The molecule has 0 radical (unpaired) electrons. The van der Waals surface area contributed by atoms with Crippen LogP contribution in [0.3, 0.4) is 0 Å². The zero-order valence-corrected chi connectivity index (χ0v) is 14.1. The van der Waals surface area contributed by atoms with Crippen molar-refractivity contribution in [2.24, 2.45) is 0 Å². The second kappa shape index (κ2) is 5.50. The number of hydrogen-bond donors (Lipinski definition) is 3. The highest BCUT2D eigenvalue weighted by atomic mass is 32.2. The first-order valence-corrected chi connectivity index (χ1v) is 8.62. The van der Waals surface area contributed by atoms with Crippen molar-refractivity contribution in [2.45, 2.75) is 18.7 Å². The van der Waals surface area contributed by atoms with E-state index in [9.17, 15) is 18.3 Å². The molecule has 0 aromatic heterocycles. The average Bonchev–Trinajstić information content (AvgIpc) is 2.53. The zero-order valence-electron chi connectivity index (χ0n) is 13.3. The van der Waals surface area contributed by atoms with Crippen LogP contribution in [0.2, 0.25) is 0 Å². The minimum atomic E-state index is -3.80. The van der Waals surface area contributed by atoms with Gasteiger partial charge >= 0.3 is 5.97 Å². The van der Waals surface area contributed by atoms with Crippen LogP contribution in [-0.4, -0.2) is 26.5 Å². The molecule has 3 rings (SSSR count). The van der Waals surface area contributed by atoms with Crippen molar-refractivity contribution in [2.75, 3.05) is 12.4 Å². The van der Waals surface area contributed by atoms with E-state index in [1.165, 1.54) is 13.1 Å². The molecule has 1 heterocycles. The lowest BCUT2D eigenvalue weighted by Gasteiger charge is -2.25. The maximum Gasteiger partial charge on any atom is 0.338 e. The van der Waals surface area contributed by atoms with Gasteiger partial charge in [-0.05, 0) is 50.2 Å². The Bertz CT molecular complexity index is 967. The van der Waals surface area contributed by atoms with E-state index in [1.54, 1.807) is 0 Å². The molecule has 8 heteroatoms. The van der Waals surface area contributed by atoms with E-state index < -0.39 is 16.0 Å². The summed E-state index contributed by atoms with van der Waals surface area (Å²) in [6.07, 6.45) is 0. The molecule has 0 bridgehead atoms. The van der Waals surface area contributed by atoms with E-state index in [0.717, 1.165) is 17.2 Å². The van der Waals surface area contributed by atoms with Crippen LogP contribution in [-0.2, 0) is 10.0 Å². The molecule has 24 heavy (non-hydrogen) atoms. The number of fused-ring (bicyclic) bond motifs is 2. The molecular formula is C16H16N2O5S. The highest BCUT2D eigenvalue weighted by Gasteiger charge is 2.27. The van der Waals surface area contributed by atoms with Gasteiger partial charge in [0.25, 0.3) is 0 Å². The van der Waals surface area contributed by atoms with Gasteiger partial charge in [-0.1, -0.05) is 0 Å². The second-order valence-electron chi connectivity index (χ2n) is 5.52. The van der Waals surface area contributed by atoms with Gasteiger partial charge in [-0.2, -0.15) is 0 Å². The zero-order chi connectivity index (χ0) is 17.6. The minimum absolute atomic E-state index is 0.152. The fraction of sp³-hybridized carbons (Fsp3) is 0.188. The SMILES string of the molecule is CNS(=O)(=O)c1cc2c(c(C(=O)O)c1)Nc1cc(C)c(C)cc1O2. The van der Waals surface area contributed by atoms with E-state index in [4.69, 9.17) is 4.74 Å². The molecule has 0 saturated carbocycles. The van der Waals surface area contributed by atoms with E-state index >= 15 is 0 Å². The Morgan fingerprint density at radius 2 is 1.79 bits per heavy atom. The van der Waals surface area contributed by atoms with Crippen LogP contribution in [0.4, 0.5) is 11.4 Å². The van der Waals surface area contributed by atoms with Crippen molar-refractivity contribution in [1.82, 2.24) is 4.72 Å². The Balaban J connectivity index is 2.21. The first kappa shape index (κ1) is 16.3. The molecule has 0 unspecified atom stereocenters. The molecule has 0 amide bonds. The molecule has 0 atom stereocenters. The quantitative estimate of drug-likeness (QED) is 0.672. The molecule has 7 nitrogen and oxygen atoms in total. The van der Waals surface area contributed by atoms with Crippen LogP contribution >= 0.6 is 0 Å². The first-order valence-electron chi connectivity index (χ1n) is 7.14. The number of aromatic carboxylic acids is 1. The van der Waals surface area contributed by atoms with Crippen LogP contribution in [0.25, 0.3) is 0 Å². The first-order chi connectivity index (χ1) is 11.2. The topological polar surface area (TPSA) is 105 Å². The van der Waals surface area contributed by atoms with Crippen LogP contribution in [0.1, 0.15) is 21.5 Å². The van der Waals surface area contributed by atoms with E-state index in [0.29, 0.717) is 11.4 Å². The molecule has 2 aromatic rings. The highest BCUT2D eigenvalue weighted by Crippen LogP contribution is 2.45. The van der Waals surface area contributed by atoms with Gasteiger partial charge in [-0.3, -0.25) is 0 Å². The van der Waals surface area contributed by atoms with Gasteiger partial charge in [0.2, 0.25) is 10.0 Å². The van der Waals surface area contributed by atoms with E-state index in [2.05, 4.69) is 10.0 Å². The van der Waals surface area contributed by atoms with Gasteiger partial charge in [0.1, 0.15) is 0 Å². The fourth-order valence-electron chi connectivity index (χ4n) is 2.47. The summed E-state index contributed by atoms with van der Waals surface area (Å²) in [4.78, 5) is 11.4. The molecule has 1 aliphatic rings. The summed E-state index contributed by atoms with van der Waals surface area (Å²) in [5, 5.41) is 12.5. The predicted molar refractivity (Wildman–Crippen MR) is 88.9 cm³/mol. The maximum absolute atomic E-state index is 12.0. The highest BCUT2D eigenvalue weighted by molar-refractivity contribution is 7.89. The van der Waals surface area contributed by atoms with Gasteiger partial charge in [0, 0.05) is 6.07 Å². The number of benzene rings is 2. The van der Waals surface area contributed by atoms with Crippen molar-refractivity contribution in [1.29, 1.82) is 0 Å². The van der Waals surface area contributed by atoms with Gasteiger partial charge in [-0.15, -0.1) is 0 Å². The summed E-state index contributed by atoms with van der Waals surface area (Å²) in [6, 6.07) is 6.09. The van der Waals surface area contributed by atoms with Crippen molar-refractivity contribution < 1.29 is 23.1 Å². The Kier molecular flexibility index (Phi) is 3.73. The van der Waals surface area contributed by atoms with Crippen molar-refractivity contribution in [3.8, 4) is 11.5 Å². The largest absolute Gasteiger partial charge is 0.478 e. The molecule has 0 fully saturated rings. The van der Waals surface area contributed by atoms with Crippen LogP contribution < -0.4 is 14.8 Å². The predicted octanol–water partition coefficient (Wildman–Crippen LogP) is 2.76. The Hall–Kier alpha value is -2.58. The van der Waals surface area contributed by atoms with Gasteiger partial charge < -0.3 is 15.2 Å². The summed E-state index contributed by atoms with van der Waals surface area (Å²) in [7, 11) is -2.54. The number of rotatable bonds is 3. The van der Waals surface area contributed by atoms with Crippen LogP contribution in [0, 0.1) is 13.8 Å². The lowest BCUT2D eigenvalue weighted by atomic mass is 10.1. The fourth-order valence-corrected chi connectivity index (χ4v) is 3.24. The van der Waals surface area contributed by atoms with Crippen molar-refractivity contribution in [3.63, 3.8) is 0 Å². The van der Waals surface area contributed by atoms with E-state index in [1.807, 2.05) is 26.0 Å². The third-order valence-corrected chi connectivity index (χ3v) is 5.35. The second-order valence-corrected chi connectivity index (χ2v) is 7.40. The van der Waals surface area contributed by atoms with Crippen molar-refractivity contribution in [3.05, 3.63) is 41.0 Å². The summed E-state index contributed by atoms with van der Waals surface area (Å²) in [5.41, 5.74) is 2.73. The summed E-state index contributed by atoms with van der Waals surface area (Å²) in [5.74, 6) is -0.580. The number of carboxylic acids is 1. The third kappa shape index (κ3) is 2.59. The monoisotopic (exact) mass is 348 g/mol. The Labute approximate surface area is 139 Å². The number of anilines is 2. The van der Waals surface area contributed by atoms with Crippen LogP contribution in [0.5, 0.6) is 11.5 Å². The number of carbonyl (C=O) groups is 1. The minimum Gasteiger partial charge on any atom is -0.478 e. The molecule has 0 spiro atoms. The summed E-state index contributed by atoms with van der Waals surface area (Å²) in [6.45, 7) is 3.87. The Morgan fingerprint density at radius 3 is 2.42 bits per heavy atom. The lowest BCUT2D eigenvalue weighted by Crippen LogP contribution is -2.20. The smallest absolute Gasteiger partial charge is 0.338 e. The number of nitrogens with one attached hydrogen (secondary N) is 2. The van der Waals surface area contributed by atoms with Gasteiger partial charge in [0.05, 0.1) is 21.8 Å². The van der Waals surface area contributed by atoms with Gasteiger partial charge in [0.15, 0.2) is 11.5 Å². The molecule has 1 aliphatic heterocycles. The molecular weight excluding hydrogens is 332 g/mol. The van der Waals surface area contributed by atoms with Crippen LogP contribution in [0.15, 0.2) is 29.2 Å². The van der Waals surface area contributed by atoms with Gasteiger partial charge in [-0.25, -0.2) is 17.9 Å². The molecule has 2 aromatic carbocycles. The number of sulfonamides is 1. The summed E-state index contributed by atoms with van der Waals surface area (Å²) >= 11 is 0. The molecule has 0 saturated heterocycles. The Morgan fingerprint density at radius 1 is 1.12 bits per heavy atom. The molecule has 126 valence electrons. The number of hydrogen-bond acceptors (Lipinski definition) is 5. The molecule has 3 N–H and O–H groups in total. The number of aryl methyl sites for hydroxylation is 2. The summed E-state index contributed by atoms with van der Waals surface area (Å²) < 4.78 is 32.0. The van der Waals surface area contributed by atoms with E-state index in [-0.39, 0.29) is 21.9 Å². The standard InChI is InChI=1S/C16H16N2O5S/c1-8-4-12-13(5-9(8)2)23-14-7-10(24(21,22)17-3)6-11(16(19)20)15(14)18-12/h4-7,17-18H,1-3H3,(H,19,20). The number of ether oxygens (including phenoxy) is 1. The lowest BCUT2D eigenvalue weighted by molar-refractivity contribution is 0.0697. The number of carboxylic acid groups (broad SMARTS) is 1. The van der Waals surface area contributed by atoms with Crippen molar-refractivity contribution >= 4 is 27.4 Å². The maximum atomic E-state index is 12.0. The molecule has 0 aliphatic carbocycles. The normalized spacial score (nSPS) is 12.6. The average molecular weight is 348 g/mol. The third-order valence-electron chi connectivity index (χ3n) is 3.96.